The smallest absolute Gasteiger partial charge is 0.255 e. The Morgan fingerprint density at radius 2 is 1.87 bits per heavy atom. The Labute approximate surface area is 85.1 Å². The van der Waals surface area contributed by atoms with E-state index in [1.807, 2.05) is 0 Å². The van der Waals surface area contributed by atoms with Crippen LogP contribution in [0.3, 0.4) is 0 Å². The van der Waals surface area contributed by atoms with Gasteiger partial charge in [-0.1, -0.05) is 0 Å². The molecule has 1 rings (SSSR count). The van der Waals surface area contributed by atoms with Crippen molar-refractivity contribution in [2.24, 2.45) is 0 Å². The van der Waals surface area contributed by atoms with Crippen LogP contribution in [-0.4, -0.2) is 30.0 Å². The van der Waals surface area contributed by atoms with Crippen molar-refractivity contribution >= 4 is 23.3 Å². The molecular formula is C7H12F2N6. The molecule has 0 bridgehead atoms. The topological polar surface area (TPSA) is 102 Å². The van der Waals surface area contributed by atoms with Gasteiger partial charge >= 0.3 is 0 Å². The molecule has 6 nitrogen and oxygen atoms in total. The Morgan fingerprint density at radius 1 is 1.27 bits per heavy atom. The highest BCUT2D eigenvalue weighted by Gasteiger charge is 2.10. The van der Waals surface area contributed by atoms with Crippen molar-refractivity contribution in [3.63, 3.8) is 0 Å². The number of aromatic nitrogens is 2. The second-order valence-corrected chi connectivity index (χ2v) is 2.71. The average Bonchev–Trinajstić information content (AvgIpc) is 2.18. The van der Waals surface area contributed by atoms with E-state index in [2.05, 4.69) is 20.6 Å². The van der Waals surface area contributed by atoms with Crippen LogP contribution in [0.15, 0.2) is 0 Å². The van der Waals surface area contributed by atoms with E-state index in [1.54, 1.807) is 7.05 Å². The molecule has 0 spiro atoms. The summed E-state index contributed by atoms with van der Waals surface area (Å²) in [7, 11) is 1.59. The van der Waals surface area contributed by atoms with Crippen LogP contribution in [-0.2, 0) is 0 Å². The summed E-state index contributed by atoms with van der Waals surface area (Å²) in [5, 5.41) is 5.06. The minimum Gasteiger partial charge on any atom is -0.393 e. The number of rotatable bonds is 4. The first-order chi connectivity index (χ1) is 7.04. The zero-order valence-electron chi connectivity index (χ0n) is 8.09. The second-order valence-electron chi connectivity index (χ2n) is 2.71. The van der Waals surface area contributed by atoms with Crippen LogP contribution in [0, 0.1) is 0 Å². The quantitative estimate of drug-likeness (QED) is 0.582. The van der Waals surface area contributed by atoms with Crippen molar-refractivity contribution in [1.29, 1.82) is 0 Å². The lowest BCUT2D eigenvalue weighted by atomic mass is 10.4. The number of hydrogen-bond donors (Lipinski definition) is 4. The molecule has 0 aliphatic carbocycles. The molecule has 0 atom stereocenters. The summed E-state index contributed by atoms with van der Waals surface area (Å²) in [5.41, 5.74) is 11.1. The number of nitrogens with two attached hydrogens (primary N) is 2. The molecule has 0 saturated heterocycles. The van der Waals surface area contributed by atoms with Crippen molar-refractivity contribution in [3.8, 4) is 0 Å². The summed E-state index contributed by atoms with van der Waals surface area (Å²) >= 11 is 0. The number of halogens is 2. The summed E-state index contributed by atoms with van der Waals surface area (Å²) < 4.78 is 23.9. The third-order valence-electron chi connectivity index (χ3n) is 1.62. The molecule has 6 N–H and O–H groups in total. The predicted molar refractivity (Wildman–Crippen MR) is 54.9 cm³/mol. The molecule has 1 aromatic rings. The van der Waals surface area contributed by atoms with Gasteiger partial charge in [0, 0.05) is 7.05 Å². The van der Waals surface area contributed by atoms with E-state index in [0.717, 1.165) is 0 Å². The van der Waals surface area contributed by atoms with Crippen LogP contribution in [0.5, 0.6) is 0 Å². The van der Waals surface area contributed by atoms with Gasteiger partial charge in [0.2, 0.25) is 5.95 Å². The maximum atomic E-state index is 11.9. The SMILES string of the molecule is CNc1nc(N)nc(NCC(F)F)c1N. The van der Waals surface area contributed by atoms with Crippen molar-refractivity contribution in [2.75, 3.05) is 35.7 Å². The van der Waals surface area contributed by atoms with Gasteiger partial charge < -0.3 is 22.1 Å². The fourth-order valence-corrected chi connectivity index (χ4v) is 0.986. The Balaban J connectivity index is 2.91. The summed E-state index contributed by atoms with van der Waals surface area (Å²) in [6.45, 7) is -0.538. The zero-order chi connectivity index (χ0) is 11.4. The van der Waals surface area contributed by atoms with Gasteiger partial charge in [-0.05, 0) is 0 Å². The predicted octanol–water partition coefficient (Wildman–Crippen LogP) is 0.360. The Morgan fingerprint density at radius 3 is 2.40 bits per heavy atom. The van der Waals surface area contributed by atoms with Crippen molar-refractivity contribution < 1.29 is 8.78 Å². The van der Waals surface area contributed by atoms with E-state index in [9.17, 15) is 8.78 Å². The molecule has 0 unspecified atom stereocenters. The second kappa shape index (κ2) is 4.58. The van der Waals surface area contributed by atoms with E-state index in [0.29, 0.717) is 5.82 Å². The van der Waals surface area contributed by atoms with Gasteiger partial charge in [-0.3, -0.25) is 0 Å². The van der Waals surface area contributed by atoms with Crippen LogP contribution >= 0.6 is 0 Å². The van der Waals surface area contributed by atoms with E-state index in [-0.39, 0.29) is 17.5 Å². The molecule has 0 fully saturated rings. The highest BCUT2D eigenvalue weighted by atomic mass is 19.3. The number of hydrogen-bond acceptors (Lipinski definition) is 6. The Hall–Kier alpha value is -1.86. The maximum Gasteiger partial charge on any atom is 0.255 e. The average molecular weight is 218 g/mol. The van der Waals surface area contributed by atoms with Crippen LogP contribution in [0.25, 0.3) is 0 Å². The maximum absolute atomic E-state index is 11.9. The fourth-order valence-electron chi connectivity index (χ4n) is 0.986. The normalized spacial score (nSPS) is 10.4. The number of nitrogen functional groups attached to an aromatic ring is 2. The van der Waals surface area contributed by atoms with Gasteiger partial charge in [0.1, 0.15) is 5.69 Å². The minimum atomic E-state index is -2.49. The third kappa shape index (κ3) is 2.79. The standard InChI is InChI=1S/C7H12F2N6/c1-12-5-4(10)6(13-2-3(8)9)15-7(11)14-5/h3H,2,10H2,1H3,(H4,11,12,13,14,15). The van der Waals surface area contributed by atoms with Crippen molar-refractivity contribution in [3.05, 3.63) is 0 Å². The first kappa shape index (κ1) is 11.2. The highest BCUT2D eigenvalue weighted by molar-refractivity contribution is 5.75. The number of anilines is 4. The molecule has 1 aromatic heterocycles. The van der Waals surface area contributed by atoms with Crippen LogP contribution < -0.4 is 22.1 Å². The Kier molecular flexibility index (Phi) is 3.42. The molecule has 8 heteroatoms. The van der Waals surface area contributed by atoms with Gasteiger partial charge in [-0.25, -0.2) is 8.78 Å². The molecule has 84 valence electrons. The lowest BCUT2D eigenvalue weighted by Gasteiger charge is -2.11. The van der Waals surface area contributed by atoms with Crippen molar-refractivity contribution in [1.82, 2.24) is 9.97 Å². The van der Waals surface area contributed by atoms with Gasteiger partial charge in [-0.2, -0.15) is 9.97 Å². The van der Waals surface area contributed by atoms with Gasteiger partial charge in [0.15, 0.2) is 11.6 Å². The van der Waals surface area contributed by atoms with E-state index >= 15 is 0 Å². The Bertz CT molecular complexity index is 342. The monoisotopic (exact) mass is 218 g/mol. The summed E-state index contributed by atoms with van der Waals surface area (Å²) in [4.78, 5) is 7.49. The van der Waals surface area contributed by atoms with Crippen LogP contribution in [0.1, 0.15) is 0 Å². The van der Waals surface area contributed by atoms with E-state index in [1.165, 1.54) is 0 Å². The van der Waals surface area contributed by atoms with Gasteiger partial charge in [-0.15, -0.1) is 0 Å². The number of nitrogens with zero attached hydrogens (tertiary/aromatic N) is 2. The van der Waals surface area contributed by atoms with Gasteiger partial charge in [0.05, 0.1) is 6.54 Å². The molecule has 1 heterocycles. The summed E-state index contributed by atoms with van der Waals surface area (Å²) in [6, 6.07) is 0. The lowest BCUT2D eigenvalue weighted by molar-refractivity contribution is 0.163. The molecule has 15 heavy (non-hydrogen) atoms. The minimum absolute atomic E-state index is 0.0367. The summed E-state index contributed by atoms with van der Waals surface area (Å²) in [5.74, 6) is 0.372. The molecule has 0 saturated carbocycles. The summed E-state index contributed by atoms with van der Waals surface area (Å²) in [6.07, 6.45) is -2.49. The number of alkyl halides is 2. The third-order valence-corrected chi connectivity index (χ3v) is 1.62. The number of nitrogens with one attached hydrogen (secondary N) is 2. The van der Waals surface area contributed by atoms with E-state index in [4.69, 9.17) is 11.5 Å². The van der Waals surface area contributed by atoms with Crippen molar-refractivity contribution in [2.45, 2.75) is 6.43 Å². The van der Waals surface area contributed by atoms with Crippen LogP contribution in [0.2, 0.25) is 0 Å². The molecule has 0 aliphatic rings. The van der Waals surface area contributed by atoms with Crippen LogP contribution in [0.4, 0.5) is 32.1 Å². The molecular weight excluding hydrogens is 206 g/mol. The highest BCUT2D eigenvalue weighted by Crippen LogP contribution is 2.24. The zero-order valence-corrected chi connectivity index (χ0v) is 8.09. The molecule has 0 radical (unpaired) electrons. The molecule has 0 amide bonds. The first-order valence-electron chi connectivity index (χ1n) is 4.17. The first-order valence-corrected chi connectivity index (χ1v) is 4.17. The van der Waals surface area contributed by atoms with E-state index < -0.39 is 13.0 Å². The van der Waals surface area contributed by atoms with Gasteiger partial charge in [0.25, 0.3) is 6.43 Å². The molecule has 0 aliphatic heterocycles. The lowest BCUT2D eigenvalue weighted by Crippen LogP contribution is -2.15. The largest absolute Gasteiger partial charge is 0.393 e. The molecule has 0 aromatic carbocycles. The fraction of sp³-hybridized carbons (Fsp3) is 0.429.